The molecule has 2 amide bonds. The number of amides is 2. The quantitative estimate of drug-likeness (QED) is 0.566. The van der Waals surface area contributed by atoms with Crippen molar-refractivity contribution in [2.24, 2.45) is 11.8 Å². The number of aliphatic hydroxyl groups is 1. The van der Waals surface area contributed by atoms with Gasteiger partial charge in [0.15, 0.2) is 0 Å². The number of carbonyl (C=O) groups excluding carboxylic acids is 2. The van der Waals surface area contributed by atoms with Crippen LogP contribution in [-0.2, 0) is 9.59 Å². The fraction of sp³-hybridized carbons (Fsp3) is 0.667. The van der Waals surface area contributed by atoms with E-state index in [0.29, 0.717) is 19.3 Å². The van der Waals surface area contributed by atoms with Crippen molar-refractivity contribution in [2.45, 2.75) is 32.3 Å². The van der Waals surface area contributed by atoms with Crippen molar-refractivity contribution in [2.75, 3.05) is 6.54 Å². The van der Waals surface area contributed by atoms with Crippen LogP contribution < -0.4 is 0 Å². The second kappa shape index (κ2) is 4.37. The highest BCUT2D eigenvalue weighted by Crippen LogP contribution is 2.35. The molecule has 1 aliphatic heterocycles. The Morgan fingerprint density at radius 3 is 2.25 bits per heavy atom. The molecule has 2 aliphatic rings. The third kappa shape index (κ3) is 1.78. The van der Waals surface area contributed by atoms with E-state index in [9.17, 15) is 14.7 Å². The van der Waals surface area contributed by atoms with E-state index in [1.807, 2.05) is 19.1 Å². The first kappa shape index (κ1) is 11.3. The van der Waals surface area contributed by atoms with E-state index in [0.717, 1.165) is 0 Å². The molecule has 4 heteroatoms. The maximum atomic E-state index is 12.0. The number of imide groups is 1. The normalized spacial score (nSPS) is 30.8. The molecule has 0 aromatic carbocycles. The first-order valence-corrected chi connectivity index (χ1v) is 5.83. The Labute approximate surface area is 94.9 Å². The van der Waals surface area contributed by atoms with Crippen molar-refractivity contribution in [3.05, 3.63) is 12.2 Å². The zero-order valence-electron chi connectivity index (χ0n) is 9.43. The van der Waals surface area contributed by atoms with E-state index in [2.05, 4.69) is 0 Å². The van der Waals surface area contributed by atoms with Gasteiger partial charge < -0.3 is 5.11 Å². The second-order valence-electron chi connectivity index (χ2n) is 4.50. The summed E-state index contributed by atoms with van der Waals surface area (Å²) in [5.41, 5.74) is 0. The van der Waals surface area contributed by atoms with E-state index in [-0.39, 0.29) is 30.2 Å². The Balaban J connectivity index is 2.11. The lowest BCUT2D eigenvalue weighted by atomic mass is 9.85. The van der Waals surface area contributed by atoms with E-state index in [1.54, 1.807) is 0 Å². The van der Waals surface area contributed by atoms with Gasteiger partial charge in [0.1, 0.15) is 0 Å². The van der Waals surface area contributed by atoms with E-state index in [4.69, 9.17) is 0 Å². The monoisotopic (exact) mass is 223 g/mol. The lowest BCUT2D eigenvalue weighted by Gasteiger charge is -2.17. The van der Waals surface area contributed by atoms with Crippen molar-refractivity contribution in [3.63, 3.8) is 0 Å². The molecule has 3 atom stereocenters. The molecule has 0 saturated carbocycles. The van der Waals surface area contributed by atoms with Crippen LogP contribution in [-0.4, -0.2) is 34.5 Å². The lowest BCUT2D eigenvalue weighted by molar-refractivity contribution is -0.141. The van der Waals surface area contributed by atoms with Gasteiger partial charge >= 0.3 is 0 Å². The highest BCUT2D eigenvalue weighted by molar-refractivity contribution is 6.05. The Kier molecular flexibility index (Phi) is 3.10. The summed E-state index contributed by atoms with van der Waals surface area (Å²) >= 11 is 0. The number of rotatable bonds is 3. The molecule has 1 heterocycles. The Bertz CT molecular complexity index is 311. The molecule has 88 valence electrons. The summed E-state index contributed by atoms with van der Waals surface area (Å²) in [5.74, 6) is -0.568. The second-order valence-corrected chi connectivity index (χ2v) is 4.50. The molecule has 16 heavy (non-hydrogen) atoms. The van der Waals surface area contributed by atoms with Crippen molar-refractivity contribution < 1.29 is 14.7 Å². The van der Waals surface area contributed by atoms with Crippen molar-refractivity contribution >= 4 is 11.8 Å². The summed E-state index contributed by atoms with van der Waals surface area (Å²) in [5, 5.41) is 9.53. The van der Waals surface area contributed by atoms with Crippen molar-refractivity contribution in [3.8, 4) is 0 Å². The minimum absolute atomic E-state index is 0.105. The fourth-order valence-electron chi connectivity index (χ4n) is 2.39. The van der Waals surface area contributed by atoms with Crippen LogP contribution in [0.25, 0.3) is 0 Å². The van der Waals surface area contributed by atoms with Gasteiger partial charge in [-0.1, -0.05) is 19.1 Å². The fourth-order valence-corrected chi connectivity index (χ4v) is 2.39. The van der Waals surface area contributed by atoms with Gasteiger partial charge in [0, 0.05) is 0 Å². The topological polar surface area (TPSA) is 57.6 Å². The van der Waals surface area contributed by atoms with Gasteiger partial charge in [-0.25, -0.2) is 0 Å². The molecule has 4 nitrogen and oxygen atoms in total. The number of β-amino-alcohol motifs (C(OH)–C–C–N with tert-alkyl or cyclic N) is 1. The first-order valence-electron chi connectivity index (χ1n) is 5.83. The lowest BCUT2D eigenvalue weighted by Crippen LogP contribution is -2.37. The van der Waals surface area contributed by atoms with Gasteiger partial charge in [-0.2, -0.15) is 0 Å². The summed E-state index contributed by atoms with van der Waals surface area (Å²) in [6.45, 7) is 1.99. The summed E-state index contributed by atoms with van der Waals surface area (Å²) in [4.78, 5) is 25.2. The molecule has 0 aromatic heterocycles. The van der Waals surface area contributed by atoms with Gasteiger partial charge in [-0.05, 0) is 19.3 Å². The highest BCUT2D eigenvalue weighted by atomic mass is 16.3. The van der Waals surface area contributed by atoms with Crippen LogP contribution in [0.3, 0.4) is 0 Å². The SMILES string of the molecule is CCC(O)CN1C(=O)C2CC=CCC2C1=O. The maximum absolute atomic E-state index is 12.0. The van der Waals surface area contributed by atoms with Gasteiger partial charge in [-0.3, -0.25) is 14.5 Å². The number of likely N-dealkylation sites (tertiary alicyclic amines) is 1. The minimum atomic E-state index is -0.596. The standard InChI is InChI=1S/C12H17NO3/c1-2-8(14)7-13-11(15)9-5-3-4-6-10(9)12(13)16/h3-4,8-10,14H,2,5-7H2,1H3. The van der Waals surface area contributed by atoms with Crippen LogP contribution in [0, 0.1) is 11.8 Å². The predicted octanol–water partition coefficient (Wildman–Crippen LogP) is 0.708. The van der Waals surface area contributed by atoms with Crippen molar-refractivity contribution in [1.82, 2.24) is 4.90 Å². The summed E-state index contributed by atoms with van der Waals surface area (Å²) in [6.07, 6.45) is 5.21. The molecule has 2 rings (SSSR count). The molecule has 1 fully saturated rings. The number of carbonyl (C=O) groups is 2. The van der Waals surface area contributed by atoms with Crippen LogP contribution >= 0.6 is 0 Å². The number of fused-ring (bicyclic) bond motifs is 1. The summed E-state index contributed by atoms with van der Waals surface area (Å²) in [6, 6.07) is 0. The highest BCUT2D eigenvalue weighted by Gasteiger charge is 2.47. The zero-order valence-corrected chi connectivity index (χ0v) is 9.43. The number of nitrogens with zero attached hydrogens (tertiary/aromatic N) is 1. The van der Waals surface area contributed by atoms with E-state index < -0.39 is 6.10 Å². The first-order chi connectivity index (χ1) is 7.65. The largest absolute Gasteiger partial charge is 0.391 e. The van der Waals surface area contributed by atoms with Crippen LogP contribution in [0.15, 0.2) is 12.2 Å². The smallest absolute Gasteiger partial charge is 0.233 e. The van der Waals surface area contributed by atoms with Crippen LogP contribution in [0.1, 0.15) is 26.2 Å². The number of aliphatic hydroxyl groups excluding tert-OH is 1. The Morgan fingerprint density at radius 2 is 1.81 bits per heavy atom. The number of allylic oxidation sites excluding steroid dienone is 2. The number of hydrogen-bond acceptors (Lipinski definition) is 3. The van der Waals surface area contributed by atoms with Crippen molar-refractivity contribution in [1.29, 1.82) is 0 Å². The zero-order chi connectivity index (χ0) is 11.7. The minimum Gasteiger partial charge on any atom is -0.391 e. The Morgan fingerprint density at radius 1 is 1.31 bits per heavy atom. The molecule has 0 radical (unpaired) electrons. The molecular weight excluding hydrogens is 206 g/mol. The van der Waals surface area contributed by atoms with Gasteiger partial charge in [0.05, 0.1) is 24.5 Å². The molecule has 0 aromatic rings. The van der Waals surface area contributed by atoms with E-state index in [1.165, 1.54) is 4.90 Å². The third-order valence-corrected chi connectivity index (χ3v) is 3.46. The van der Waals surface area contributed by atoms with Gasteiger partial charge in [0.25, 0.3) is 0 Å². The molecule has 0 bridgehead atoms. The molecular formula is C12H17NO3. The number of hydrogen-bond donors (Lipinski definition) is 1. The summed E-state index contributed by atoms with van der Waals surface area (Å²) in [7, 11) is 0. The molecule has 1 aliphatic carbocycles. The van der Waals surface area contributed by atoms with Crippen LogP contribution in [0.2, 0.25) is 0 Å². The average Bonchev–Trinajstić information content (AvgIpc) is 2.55. The average molecular weight is 223 g/mol. The third-order valence-electron chi connectivity index (χ3n) is 3.46. The van der Waals surface area contributed by atoms with Crippen LogP contribution in [0.4, 0.5) is 0 Å². The Hall–Kier alpha value is -1.16. The predicted molar refractivity (Wildman–Crippen MR) is 58.4 cm³/mol. The maximum Gasteiger partial charge on any atom is 0.233 e. The van der Waals surface area contributed by atoms with Crippen LogP contribution in [0.5, 0.6) is 0 Å². The molecule has 3 unspecified atom stereocenters. The van der Waals surface area contributed by atoms with E-state index >= 15 is 0 Å². The molecule has 1 N–H and O–H groups in total. The van der Waals surface area contributed by atoms with Gasteiger partial charge in [0.2, 0.25) is 11.8 Å². The summed E-state index contributed by atoms with van der Waals surface area (Å²) < 4.78 is 0. The molecule has 0 spiro atoms. The van der Waals surface area contributed by atoms with Gasteiger partial charge in [-0.15, -0.1) is 0 Å². The molecule has 1 saturated heterocycles.